The van der Waals surface area contributed by atoms with Gasteiger partial charge >= 0.3 is 6.01 Å². The molecule has 6 rings (SSSR count). The summed E-state index contributed by atoms with van der Waals surface area (Å²) in [6, 6.07) is 16.2. The van der Waals surface area contributed by atoms with Crippen molar-refractivity contribution >= 4 is 17.2 Å². The zero-order valence-corrected chi connectivity index (χ0v) is 21.0. The number of fused-ring (bicyclic) bond motifs is 2. The van der Waals surface area contributed by atoms with Crippen molar-refractivity contribution in [2.24, 2.45) is 5.92 Å². The Labute approximate surface area is 215 Å². The summed E-state index contributed by atoms with van der Waals surface area (Å²) in [4.78, 5) is 26.1. The van der Waals surface area contributed by atoms with Crippen LogP contribution in [-0.4, -0.2) is 59.0 Å². The van der Waals surface area contributed by atoms with E-state index in [9.17, 15) is 10.1 Å². The third-order valence-corrected chi connectivity index (χ3v) is 7.42. The highest BCUT2D eigenvalue weighted by molar-refractivity contribution is 6.02. The van der Waals surface area contributed by atoms with E-state index in [1.165, 1.54) is 6.42 Å². The molecule has 1 fully saturated rings. The van der Waals surface area contributed by atoms with Gasteiger partial charge in [0.1, 0.15) is 0 Å². The van der Waals surface area contributed by atoms with Gasteiger partial charge in [-0.2, -0.15) is 10.2 Å². The van der Waals surface area contributed by atoms with Gasteiger partial charge in [0.05, 0.1) is 35.9 Å². The van der Waals surface area contributed by atoms with Gasteiger partial charge in [-0.1, -0.05) is 18.2 Å². The molecule has 37 heavy (non-hydrogen) atoms. The first-order chi connectivity index (χ1) is 18.0. The lowest BCUT2D eigenvalue weighted by Gasteiger charge is -2.29. The maximum absolute atomic E-state index is 12.3. The average molecular weight is 493 g/mol. The van der Waals surface area contributed by atoms with Crippen LogP contribution in [0.5, 0.6) is 6.01 Å². The summed E-state index contributed by atoms with van der Waals surface area (Å²) in [6.07, 6.45) is 6.32. The topological polar surface area (TPSA) is 86.8 Å². The molecule has 0 N–H and O–H groups in total. The first kappa shape index (κ1) is 23.2. The summed E-state index contributed by atoms with van der Waals surface area (Å²) in [6.45, 7) is 2.72. The number of anilines is 1. The van der Waals surface area contributed by atoms with Crippen molar-refractivity contribution in [2.75, 3.05) is 38.7 Å². The summed E-state index contributed by atoms with van der Waals surface area (Å²) in [7, 11) is 3.96. The zero-order chi connectivity index (χ0) is 25.5. The molecule has 186 valence electrons. The lowest BCUT2D eigenvalue weighted by atomic mass is 9.97. The van der Waals surface area contributed by atoms with Gasteiger partial charge in [-0.25, -0.2) is 4.98 Å². The van der Waals surface area contributed by atoms with E-state index < -0.39 is 0 Å². The van der Waals surface area contributed by atoms with Crippen LogP contribution >= 0.6 is 0 Å². The van der Waals surface area contributed by atoms with E-state index in [1.807, 2.05) is 34.9 Å². The van der Waals surface area contributed by atoms with E-state index in [4.69, 9.17) is 14.7 Å². The number of nitriles is 1. The quantitative estimate of drug-likeness (QED) is 0.416. The Balaban J connectivity index is 1.48. The number of hydrogen-bond acceptors (Lipinski definition) is 6. The van der Waals surface area contributed by atoms with Gasteiger partial charge < -0.3 is 14.5 Å². The normalized spacial score (nSPS) is 17.7. The number of piperidine rings is 1. The molecule has 8 nitrogen and oxygen atoms in total. The predicted octanol–water partition coefficient (Wildman–Crippen LogP) is 4.17. The van der Waals surface area contributed by atoms with Gasteiger partial charge in [-0.15, -0.1) is 0 Å². The van der Waals surface area contributed by atoms with Crippen LogP contribution < -0.4 is 9.64 Å². The van der Waals surface area contributed by atoms with E-state index in [0.29, 0.717) is 30.5 Å². The second kappa shape index (κ2) is 9.34. The maximum Gasteiger partial charge on any atom is 0.302 e. The Morgan fingerprint density at radius 3 is 2.73 bits per heavy atom. The third kappa shape index (κ3) is 4.21. The predicted molar refractivity (Wildman–Crippen MR) is 141 cm³/mol. The SMILES string of the molecule is CN1CCC[C@@H](COc2nc(-c3ccc(C#N)cc3)c(-c3ccc4c(c3)CC(=O)N4C)c3nccn23)C1. The summed E-state index contributed by atoms with van der Waals surface area (Å²) in [5, 5.41) is 9.30. The molecule has 0 saturated carbocycles. The largest absolute Gasteiger partial charge is 0.464 e. The standard InChI is InChI=1S/C29H28N6O2/c1-33-12-3-4-20(17-33)18-37-29-32-27(21-7-5-19(16-30)6-8-21)26(28-31-11-13-35(28)29)22-9-10-24-23(14-22)15-25(36)34(24)2/h5-11,13-14,20H,3-4,12,15,17-18H2,1-2H3/t20-/m1/s1. The molecule has 0 radical (unpaired) electrons. The monoisotopic (exact) mass is 492 g/mol. The molecule has 4 aromatic rings. The minimum Gasteiger partial charge on any atom is -0.464 e. The van der Waals surface area contributed by atoms with Crippen LogP contribution in [0.1, 0.15) is 24.0 Å². The lowest BCUT2D eigenvalue weighted by Crippen LogP contribution is -2.35. The first-order valence-electron chi connectivity index (χ1n) is 12.6. The molecule has 2 aromatic heterocycles. The van der Waals surface area contributed by atoms with Crippen LogP contribution in [0.15, 0.2) is 54.9 Å². The molecule has 2 aromatic carbocycles. The molecule has 0 unspecified atom stereocenters. The molecule has 0 bridgehead atoms. The van der Waals surface area contributed by atoms with Gasteiger partial charge in [0.2, 0.25) is 5.91 Å². The number of hydrogen-bond donors (Lipinski definition) is 0. The number of rotatable bonds is 5. The van der Waals surface area contributed by atoms with E-state index >= 15 is 0 Å². The van der Waals surface area contributed by atoms with Crippen molar-refractivity contribution in [1.82, 2.24) is 19.3 Å². The van der Waals surface area contributed by atoms with Crippen molar-refractivity contribution in [2.45, 2.75) is 19.3 Å². The minimum atomic E-state index is 0.0839. The van der Waals surface area contributed by atoms with Crippen LogP contribution in [0, 0.1) is 17.2 Å². The number of likely N-dealkylation sites (N-methyl/N-ethyl adjacent to an activating group) is 1. The lowest BCUT2D eigenvalue weighted by molar-refractivity contribution is -0.117. The second-order valence-electron chi connectivity index (χ2n) is 9.98. The third-order valence-electron chi connectivity index (χ3n) is 7.42. The highest BCUT2D eigenvalue weighted by Gasteiger charge is 2.26. The number of ether oxygens (including phenoxy) is 1. The Kier molecular flexibility index (Phi) is 5.85. The number of benzene rings is 2. The Bertz CT molecular complexity index is 1530. The molecule has 2 aliphatic rings. The van der Waals surface area contributed by atoms with Gasteiger partial charge in [-0.05, 0) is 61.8 Å². The second-order valence-corrected chi connectivity index (χ2v) is 9.98. The molecule has 8 heteroatoms. The highest BCUT2D eigenvalue weighted by atomic mass is 16.5. The van der Waals surface area contributed by atoms with Gasteiger partial charge in [-0.3, -0.25) is 9.20 Å². The van der Waals surface area contributed by atoms with Crippen molar-refractivity contribution in [1.29, 1.82) is 5.26 Å². The average Bonchev–Trinajstić information content (AvgIpc) is 3.51. The fourth-order valence-electron chi connectivity index (χ4n) is 5.46. The van der Waals surface area contributed by atoms with E-state index in [0.717, 1.165) is 58.8 Å². The Hall–Kier alpha value is -4.22. The number of aromatic nitrogens is 3. The fourth-order valence-corrected chi connectivity index (χ4v) is 5.46. The van der Waals surface area contributed by atoms with E-state index in [1.54, 1.807) is 30.3 Å². The number of nitrogens with zero attached hydrogens (tertiary/aromatic N) is 6. The van der Waals surface area contributed by atoms with Crippen LogP contribution in [0.4, 0.5) is 5.69 Å². The van der Waals surface area contributed by atoms with Crippen LogP contribution in [0.3, 0.4) is 0 Å². The zero-order valence-electron chi connectivity index (χ0n) is 21.0. The molecule has 1 saturated heterocycles. The summed E-state index contributed by atoms with van der Waals surface area (Å²) < 4.78 is 8.25. The number of likely N-dealkylation sites (tertiary alicyclic amines) is 1. The molecule has 1 atom stereocenters. The number of amides is 1. The fraction of sp³-hybridized carbons (Fsp3) is 0.310. The molecule has 4 heterocycles. The van der Waals surface area contributed by atoms with Crippen molar-refractivity contribution in [3.8, 4) is 34.5 Å². The van der Waals surface area contributed by atoms with E-state index in [-0.39, 0.29) is 5.91 Å². The van der Waals surface area contributed by atoms with Gasteiger partial charge in [0, 0.05) is 43.2 Å². The van der Waals surface area contributed by atoms with Crippen molar-refractivity contribution < 1.29 is 9.53 Å². The summed E-state index contributed by atoms with van der Waals surface area (Å²) in [5.74, 6) is 0.532. The summed E-state index contributed by atoms with van der Waals surface area (Å²) >= 11 is 0. The van der Waals surface area contributed by atoms with Crippen LogP contribution in [-0.2, 0) is 11.2 Å². The van der Waals surface area contributed by atoms with Crippen LogP contribution in [0.25, 0.3) is 28.0 Å². The molecular weight excluding hydrogens is 464 g/mol. The molecular formula is C29H28N6O2. The molecule has 0 spiro atoms. The minimum absolute atomic E-state index is 0.0839. The molecule has 1 amide bonds. The van der Waals surface area contributed by atoms with Crippen LogP contribution in [0.2, 0.25) is 0 Å². The Morgan fingerprint density at radius 1 is 1.14 bits per heavy atom. The van der Waals surface area contributed by atoms with E-state index in [2.05, 4.69) is 24.1 Å². The Morgan fingerprint density at radius 2 is 1.95 bits per heavy atom. The number of carbonyl (C=O) groups is 1. The molecule has 2 aliphatic heterocycles. The maximum atomic E-state index is 12.3. The first-order valence-corrected chi connectivity index (χ1v) is 12.6. The van der Waals surface area contributed by atoms with Crippen molar-refractivity contribution in [3.63, 3.8) is 0 Å². The number of imidazole rings is 1. The molecule has 0 aliphatic carbocycles. The number of carbonyl (C=O) groups excluding carboxylic acids is 1. The smallest absolute Gasteiger partial charge is 0.302 e. The van der Waals surface area contributed by atoms with Gasteiger partial charge in [0.15, 0.2) is 5.65 Å². The van der Waals surface area contributed by atoms with Gasteiger partial charge in [0.25, 0.3) is 0 Å². The summed E-state index contributed by atoms with van der Waals surface area (Å²) in [5.41, 5.74) is 6.65. The highest BCUT2D eigenvalue weighted by Crippen LogP contribution is 2.39. The van der Waals surface area contributed by atoms with Crippen molar-refractivity contribution in [3.05, 3.63) is 66.0 Å².